The van der Waals surface area contributed by atoms with Crippen molar-refractivity contribution < 1.29 is 8.42 Å². The average molecular weight is 264 g/mol. The Labute approximate surface area is 107 Å². The number of nitrogens with two attached hydrogens (primary N) is 1. The summed E-state index contributed by atoms with van der Waals surface area (Å²) in [5, 5.41) is 1.30. The molecule has 0 saturated carbocycles. The molecule has 1 aromatic carbocycles. The van der Waals surface area contributed by atoms with Gasteiger partial charge >= 0.3 is 0 Å². The molecule has 0 spiro atoms. The highest BCUT2D eigenvalue weighted by Crippen LogP contribution is 2.26. The molecule has 18 heavy (non-hydrogen) atoms. The van der Waals surface area contributed by atoms with Crippen molar-refractivity contribution in [2.75, 3.05) is 6.26 Å². The van der Waals surface area contributed by atoms with Crippen LogP contribution in [0, 0.1) is 0 Å². The van der Waals surface area contributed by atoms with Gasteiger partial charge in [-0.15, -0.1) is 0 Å². The van der Waals surface area contributed by atoms with Crippen molar-refractivity contribution in [1.82, 2.24) is 4.98 Å². The molecular formula is C13H16N2O2S. The van der Waals surface area contributed by atoms with Gasteiger partial charge in [-0.3, -0.25) is 4.98 Å². The zero-order chi connectivity index (χ0) is 13.3. The SMILES string of the molecule is CC(C(N)c1cccc2ccncc12)S(C)(=O)=O. The predicted molar refractivity (Wildman–Crippen MR) is 73.0 cm³/mol. The van der Waals surface area contributed by atoms with Gasteiger partial charge in [0, 0.05) is 30.1 Å². The Balaban J connectivity index is 2.55. The second kappa shape index (κ2) is 4.66. The lowest BCUT2D eigenvalue weighted by atomic mass is 9.99. The molecule has 2 rings (SSSR count). The number of benzene rings is 1. The van der Waals surface area contributed by atoms with Gasteiger partial charge in [-0.05, 0) is 23.9 Å². The highest BCUT2D eigenvalue weighted by Gasteiger charge is 2.25. The summed E-state index contributed by atoms with van der Waals surface area (Å²) in [5.74, 6) is 0. The third-order valence-electron chi connectivity index (χ3n) is 3.26. The molecule has 96 valence electrons. The minimum atomic E-state index is -3.16. The van der Waals surface area contributed by atoms with Crippen molar-refractivity contribution in [3.63, 3.8) is 0 Å². The first kappa shape index (κ1) is 13.0. The average Bonchev–Trinajstić information content (AvgIpc) is 2.35. The summed E-state index contributed by atoms with van der Waals surface area (Å²) in [6, 6.07) is 7.03. The summed E-state index contributed by atoms with van der Waals surface area (Å²) in [6.45, 7) is 1.63. The molecule has 4 nitrogen and oxygen atoms in total. The van der Waals surface area contributed by atoms with Crippen LogP contribution in [0.1, 0.15) is 18.5 Å². The molecule has 0 aliphatic rings. The zero-order valence-corrected chi connectivity index (χ0v) is 11.2. The van der Waals surface area contributed by atoms with Crippen LogP contribution in [0.15, 0.2) is 36.7 Å². The van der Waals surface area contributed by atoms with E-state index in [4.69, 9.17) is 5.73 Å². The van der Waals surface area contributed by atoms with Gasteiger partial charge < -0.3 is 5.73 Å². The fraction of sp³-hybridized carbons (Fsp3) is 0.308. The Hall–Kier alpha value is -1.46. The van der Waals surface area contributed by atoms with E-state index in [-0.39, 0.29) is 0 Å². The molecule has 1 aromatic heterocycles. The van der Waals surface area contributed by atoms with Crippen molar-refractivity contribution in [3.05, 3.63) is 42.2 Å². The van der Waals surface area contributed by atoms with Crippen LogP contribution in [-0.2, 0) is 9.84 Å². The molecule has 5 heteroatoms. The van der Waals surface area contributed by atoms with E-state index in [2.05, 4.69) is 4.98 Å². The number of hydrogen-bond donors (Lipinski definition) is 1. The lowest BCUT2D eigenvalue weighted by molar-refractivity contribution is 0.571. The largest absolute Gasteiger partial charge is 0.323 e. The number of hydrogen-bond acceptors (Lipinski definition) is 4. The van der Waals surface area contributed by atoms with Crippen molar-refractivity contribution in [2.45, 2.75) is 18.2 Å². The molecule has 2 unspecified atom stereocenters. The summed E-state index contributed by atoms with van der Waals surface area (Å²) >= 11 is 0. The maximum atomic E-state index is 11.6. The van der Waals surface area contributed by atoms with E-state index in [1.165, 1.54) is 6.26 Å². The number of nitrogens with zero attached hydrogens (tertiary/aromatic N) is 1. The second-order valence-corrected chi connectivity index (χ2v) is 6.91. The van der Waals surface area contributed by atoms with Gasteiger partial charge in [0.25, 0.3) is 0 Å². The molecular weight excluding hydrogens is 248 g/mol. The third kappa shape index (κ3) is 2.37. The molecule has 0 bridgehead atoms. The zero-order valence-electron chi connectivity index (χ0n) is 10.4. The second-order valence-electron chi connectivity index (χ2n) is 4.50. The van der Waals surface area contributed by atoms with Crippen LogP contribution in [0.3, 0.4) is 0 Å². The molecule has 0 aliphatic heterocycles. The van der Waals surface area contributed by atoms with Crippen LogP contribution in [0.2, 0.25) is 0 Å². The van der Waals surface area contributed by atoms with E-state index in [1.54, 1.807) is 19.3 Å². The van der Waals surface area contributed by atoms with Crippen molar-refractivity contribution in [1.29, 1.82) is 0 Å². The molecule has 2 atom stereocenters. The van der Waals surface area contributed by atoms with Gasteiger partial charge in [0.05, 0.1) is 5.25 Å². The first-order valence-corrected chi connectivity index (χ1v) is 7.64. The van der Waals surface area contributed by atoms with Gasteiger partial charge in [0.15, 0.2) is 9.84 Å². The van der Waals surface area contributed by atoms with Crippen molar-refractivity contribution >= 4 is 20.6 Å². The fourth-order valence-electron chi connectivity index (χ4n) is 1.95. The smallest absolute Gasteiger partial charge is 0.151 e. The lowest BCUT2D eigenvalue weighted by Crippen LogP contribution is -2.30. The fourth-order valence-corrected chi connectivity index (χ4v) is 2.63. The van der Waals surface area contributed by atoms with Gasteiger partial charge in [0.2, 0.25) is 0 Å². The lowest BCUT2D eigenvalue weighted by Gasteiger charge is -2.20. The van der Waals surface area contributed by atoms with Crippen LogP contribution in [-0.4, -0.2) is 24.9 Å². The summed E-state index contributed by atoms with van der Waals surface area (Å²) in [7, 11) is -3.16. The molecule has 0 fully saturated rings. The normalized spacial score (nSPS) is 15.5. The standard InChI is InChI=1S/C13H16N2O2S/c1-9(18(2,16)17)13(14)11-5-3-4-10-6-7-15-8-12(10)11/h3-9,13H,14H2,1-2H3. The van der Waals surface area contributed by atoms with Crippen LogP contribution in [0.5, 0.6) is 0 Å². The van der Waals surface area contributed by atoms with Crippen LogP contribution < -0.4 is 5.73 Å². The third-order valence-corrected chi connectivity index (χ3v) is 4.90. The highest BCUT2D eigenvalue weighted by molar-refractivity contribution is 7.91. The summed E-state index contributed by atoms with van der Waals surface area (Å²) < 4.78 is 23.2. The van der Waals surface area contributed by atoms with Crippen LogP contribution in [0.25, 0.3) is 10.8 Å². The predicted octanol–water partition coefficient (Wildman–Crippen LogP) is 1.67. The number of rotatable bonds is 3. The van der Waals surface area contributed by atoms with E-state index in [0.29, 0.717) is 0 Å². The molecule has 0 aliphatic carbocycles. The number of fused-ring (bicyclic) bond motifs is 1. The molecule has 0 amide bonds. The Morgan fingerprint density at radius 1 is 1.28 bits per heavy atom. The molecule has 2 N–H and O–H groups in total. The Bertz CT molecular complexity index is 662. The van der Waals surface area contributed by atoms with Crippen LogP contribution in [0.4, 0.5) is 0 Å². The number of pyridine rings is 1. The Morgan fingerprint density at radius 2 is 2.00 bits per heavy atom. The topological polar surface area (TPSA) is 73.0 Å². The molecule has 2 aromatic rings. The van der Waals surface area contributed by atoms with Crippen molar-refractivity contribution in [2.24, 2.45) is 5.73 Å². The van der Waals surface area contributed by atoms with Gasteiger partial charge in [0.1, 0.15) is 0 Å². The molecule has 1 heterocycles. The van der Waals surface area contributed by atoms with E-state index in [9.17, 15) is 8.42 Å². The maximum absolute atomic E-state index is 11.6. The summed E-state index contributed by atoms with van der Waals surface area (Å²) in [5.41, 5.74) is 6.90. The quantitative estimate of drug-likeness (QED) is 0.915. The van der Waals surface area contributed by atoms with E-state index in [0.717, 1.165) is 16.3 Å². The van der Waals surface area contributed by atoms with E-state index >= 15 is 0 Å². The van der Waals surface area contributed by atoms with E-state index in [1.807, 2.05) is 24.3 Å². The molecule has 0 radical (unpaired) electrons. The summed E-state index contributed by atoms with van der Waals surface area (Å²) in [6.07, 6.45) is 4.64. The van der Waals surface area contributed by atoms with E-state index < -0.39 is 21.1 Å². The van der Waals surface area contributed by atoms with Gasteiger partial charge in [-0.1, -0.05) is 18.2 Å². The monoisotopic (exact) mass is 264 g/mol. The highest BCUT2D eigenvalue weighted by atomic mass is 32.2. The van der Waals surface area contributed by atoms with Gasteiger partial charge in [-0.25, -0.2) is 8.42 Å². The first-order chi connectivity index (χ1) is 8.41. The molecule has 0 saturated heterocycles. The Morgan fingerprint density at radius 3 is 2.67 bits per heavy atom. The van der Waals surface area contributed by atoms with Crippen molar-refractivity contribution in [3.8, 4) is 0 Å². The minimum absolute atomic E-state index is 0.548. The Kier molecular flexibility index (Phi) is 3.36. The maximum Gasteiger partial charge on any atom is 0.151 e. The first-order valence-electron chi connectivity index (χ1n) is 5.68. The minimum Gasteiger partial charge on any atom is -0.323 e. The number of sulfone groups is 1. The van der Waals surface area contributed by atoms with Gasteiger partial charge in [-0.2, -0.15) is 0 Å². The van der Waals surface area contributed by atoms with Crippen LogP contribution >= 0.6 is 0 Å². The summed E-state index contributed by atoms with van der Waals surface area (Å²) in [4.78, 5) is 4.07. The number of aromatic nitrogens is 1.